The number of primary amides is 1. The number of rotatable bonds is 21. The molecule has 19 heteroatoms. The van der Waals surface area contributed by atoms with Crippen LogP contribution in [0.2, 0.25) is 0 Å². The van der Waals surface area contributed by atoms with E-state index in [1.165, 1.54) is 12.5 Å². The predicted octanol–water partition coefficient (Wildman–Crippen LogP) is -3.90. The van der Waals surface area contributed by atoms with Crippen LogP contribution in [0.3, 0.4) is 0 Å². The summed E-state index contributed by atoms with van der Waals surface area (Å²) in [7, 11) is 0. The number of aromatic amines is 1. The predicted molar refractivity (Wildman–Crippen MR) is 153 cm³/mol. The highest BCUT2D eigenvalue weighted by Gasteiger charge is 2.32. The van der Waals surface area contributed by atoms with Crippen LogP contribution in [0, 0.1) is 0 Å². The van der Waals surface area contributed by atoms with Gasteiger partial charge in [0.05, 0.1) is 18.8 Å². The molecule has 5 amide bonds. The normalized spacial score (nSPS) is 14.3. The van der Waals surface area contributed by atoms with E-state index in [-0.39, 0.29) is 38.0 Å². The lowest BCUT2D eigenvalue weighted by molar-refractivity contribution is -0.142. The van der Waals surface area contributed by atoms with Gasteiger partial charge in [0.15, 0.2) is 0 Å². The van der Waals surface area contributed by atoms with Crippen LogP contribution in [0.1, 0.15) is 44.2 Å². The van der Waals surface area contributed by atoms with Crippen LogP contribution in [0.15, 0.2) is 12.5 Å². The highest BCUT2D eigenvalue weighted by molar-refractivity contribution is 7.80. The molecule has 0 spiro atoms. The number of carboxylic acids is 2. The van der Waals surface area contributed by atoms with Crippen LogP contribution < -0.4 is 38.5 Å². The molecule has 0 aliphatic rings. The molecule has 0 fully saturated rings. The number of aliphatic carboxylic acids is 2. The third-order valence-electron chi connectivity index (χ3n) is 6.03. The first-order chi connectivity index (χ1) is 20.3. The Morgan fingerprint density at radius 1 is 0.860 bits per heavy atom. The van der Waals surface area contributed by atoms with Crippen molar-refractivity contribution in [3.63, 3.8) is 0 Å². The van der Waals surface area contributed by atoms with E-state index in [4.69, 9.17) is 17.2 Å². The summed E-state index contributed by atoms with van der Waals surface area (Å²) in [5.74, 6) is -7.31. The number of carboxylic acid groups (broad SMARTS) is 2. The number of H-pyrrole nitrogens is 1. The number of unbranched alkanes of at least 4 members (excludes halogenated alkanes) is 1. The van der Waals surface area contributed by atoms with E-state index in [9.17, 15) is 43.8 Å². The zero-order valence-electron chi connectivity index (χ0n) is 23.3. The number of amides is 5. The van der Waals surface area contributed by atoms with Gasteiger partial charge in [-0.05, 0) is 32.2 Å². The van der Waals surface area contributed by atoms with Gasteiger partial charge in [-0.1, -0.05) is 0 Å². The molecule has 240 valence electrons. The molecule has 0 aliphatic heterocycles. The molecule has 0 aliphatic carbocycles. The summed E-state index contributed by atoms with van der Waals surface area (Å²) in [5.41, 5.74) is 16.6. The Bertz CT molecular complexity index is 1120. The molecule has 0 bridgehead atoms. The molecule has 13 N–H and O–H groups in total. The largest absolute Gasteiger partial charge is 0.481 e. The summed E-state index contributed by atoms with van der Waals surface area (Å²) in [6.45, 7) is 0.282. The monoisotopic (exact) mass is 629 g/mol. The summed E-state index contributed by atoms with van der Waals surface area (Å²) >= 11 is 3.90. The Balaban J connectivity index is 3.21. The second kappa shape index (κ2) is 19.1. The first-order valence-electron chi connectivity index (χ1n) is 13.3. The summed E-state index contributed by atoms with van der Waals surface area (Å²) in [6, 6.07) is -6.91. The lowest BCUT2D eigenvalue weighted by Gasteiger charge is -2.26. The van der Waals surface area contributed by atoms with Gasteiger partial charge in [0, 0.05) is 30.5 Å². The first-order valence-corrected chi connectivity index (χ1v) is 13.9. The zero-order valence-corrected chi connectivity index (χ0v) is 24.2. The highest BCUT2D eigenvalue weighted by atomic mass is 32.1. The second-order valence-corrected chi connectivity index (χ2v) is 9.91. The zero-order chi connectivity index (χ0) is 32.5. The average molecular weight is 630 g/mol. The standard InChI is InChI=1S/C24H39N9O9S/c25-6-2-1-3-14(21(38)31-15(24(41)42)4-5-18(27)34)30-22(39)16(7-12-9-28-11-29-12)33-23(40)17(8-19(35)36)32-20(37)13(26)10-43/h9,11,13-17,43H,1-8,10,25-26H2,(H2,27,34)(H,28,29)(H,30,39)(H,31,38)(H,32,37)(H,33,40)(H,35,36)(H,41,42)/t13-,14-,15-,16-,17-/m0/s1. The maximum absolute atomic E-state index is 13.4. The van der Waals surface area contributed by atoms with Gasteiger partial charge in [0.25, 0.3) is 0 Å². The molecule has 0 radical (unpaired) electrons. The molecule has 0 saturated carbocycles. The van der Waals surface area contributed by atoms with Crippen molar-refractivity contribution >= 4 is 54.1 Å². The molecule has 5 atom stereocenters. The summed E-state index contributed by atoms with van der Waals surface area (Å²) < 4.78 is 0. The van der Waals surface area contributed by atoms with Gasteiger partial charge < -0.3 is 53.7 Å². The molecule has 0 unspecified atom stereocenters. The smallest absolute Gasteiger partial charge is 0.326 e. The van der Waals surface area contributed by atoms with Gasteiger partial charge in [0.2, 0.25) is 29.5 Å². The highest BCUT2D eigenvalue weighted by Crippen LogP contribution is 2.07. The Morgan fingerprint density at radius 2 is 1.44 bits per heavy atom. The number of nitrogens with one attached hydrogen (secondary N) is 5. The molecule has 0 saturated heterocycles. The number of carbonyl (C=O) groups excluding carboxylic acids is 5. The van der Waals surface area contributed by atoms with E-state index in [1.807, 2.05) is 0 Å². The van der Waals surface area contributed by atoms with Crippen LogP contribution in [0.25, 0.3) is 0 Å². The van der Waals surface area contributed by atoms with Crippen molar-refractivity contribution in [2.24, 2.45) is 17.2 Å². The van der Waals surface area contributed by atoms with E-state index in [0.717, 1.165) is 0 Å². The molecule has 1 aromatic rings. The lowest BCUT2D eigenvalue weighted by atomic mass is 10.0. The average Bonchev–Trinajstić information content (AvgIpc) is 3.45. The van der Waals surface area contributed by atoms with E-state index in [1.54, 1.807) is 0 Å². The van der Waals surface area contributed by atoms with Crippen molar-refractivity contribution in [1.82, 2.24) is 31.2 Å². The fourth-order valence-corrected chi connectivity index (χ4v) is 3.86. The summed E-state index contributed by atoms with van der Waals surface area (Å²) in [6.07, 6.45) is 1.96. The Hall–Kier alpha value is -4.23. The van der Waals surface area contributed by atoms with Crippen molar-refractivity contribution in [2.45, 2.75) is 75.2 Å². The SMILES string of the molecule is NCCCC[C@H](NC(=O)[C@H](Cc1cnc[nH]1)NC(=O)[C@H](CC(=O)O)NC(=O)[C@@H](N)CS)C(=O)N[C@@H](CCC(N)=O)C(=O)O. The maximum atomic E-state index is 13.4. The van der Waals surface area contributed by atoms with Gasteiger partial charge in [-0.15, -0.1) is 0 Å². The van der Waals surface area contributed by atoms with E-state index >= 15 is 0 Å². The van der Waals surface area contributed by atoms with Gasteiger partial charge in [-0.2, -0.15) is 12.6 Å². The fraction of sp³-hybridized carbons (Fsp3) is 0.583. The summed E-state index contributed by atoms with van der Waals surface area (Å²) in [5, 5.41) is 28.1. The third-order valence-corrected chi connectivity index (χ3v) is 6.42. The van der Waals surface area contributed by atoms with Crippen molar-refractivity contribution in [2.75, 3.05) is 12.3 Å². The van der Waals surface area contributed by atoms with E-state index in [0.29, 0.717) is 18.5 Å². The minimum atomic E-state index is -1.61. The Kier molecular flexibility index (Phi) is 16.3. The summed E-state index contributed by atoms with van der Waals surface area (Å²) in [4.78, 5) is 92.6. The Morgan fingerprint density at radius 3 is 1.98 bits per heavy atom. The maximum Gasteiger partial charge on any atom is 0.326 e. The van der Waals surface area contributed by atoms with Crippen LogP contribution in [0.4, 0.5) is 0 Å². The number of hydrogen-bond acceptors (Lipinski definition) is 11. The molecule has 1 rings (SSSR count). The van der Waals surface area contributed by atoms with E-state index in [2.05, 4.69) is 43.9 Å². The number of thiol groups is 1. The van der Waals surface area contributed by atoms with Crippen LogP contribution in [0.5, 0.6) is 0 Å². The number of nitrogens with two attached hydrogens (primary N) is 3. The molecular formula is C24H39N9O9S. The van der Waals surface area contributed by atoms with Gasteiger partial charge in [-0.3, -0.25) is 28.8 Å². The Labute approximate surface area is 252 Å². The van der Waals surface area contributed by atoms with Crippen molar-refractivity contribution < 1.29 is 43.8 Å². The van der Waals surface area contributed by atoms with Crippen molar-refractivity contribution in [3.8, 4) is 0 Å². The van der Waals surface area contributed by atoms with Gasteiger partial charge in [-0.25, -0.2) is 9.78 Å². The molecule has 1 heterocycles. The molecule has 1 aromatic heterocycles. The minimum Gasteiger partial charge on any atom is -0.481 e. The molecule has 0 aromatic carbocycles. The number of imidazole rings is 1. The number of nitrogens with zero attached hydrogens (tertiary/aromatic N) is 1. The van der Waals surface area contributed by atoms with Crippen LogP contribution in [-0.4, -0.2) is 104 Å². The number of carbonyl (C=O) groups is 7. The number of aromatic nitrogens is 2. The number of hydrogen-bond donors (Lipinski definition) is 11. The third kappa shape index (κ3) is 14.0. The fourth-order valence-electron chi connectivity index (χ4n) is 3.69. The topological polar surface area (TPSA) is 315 Å². The van der Waals surface area contributed by atoms with Crippen molar-refractivity contribution in [3.05, 3.63) is 18.2 Å². The first kappa shape index (κ1) is 36.8. The molecule has 18 nitrogen and oxygen atoms in total. The van der Waals surface area contributed by atoms with Crippen LogP contribution >= 0.6 is 12.6 Å². The lowest BCUT2D eigenvalue weighted by Crippen LogP contribution is -2.59. The van der Waals surface area contributed by atoms with E-state index < -0.39 is 78.1 Å². The quantitative estimate of drug-likeness (QED) is 0.0459. The van der Waals surface area contributed by atoms with Gasteiger partial charge in [0.1, 0.15) is 24.2 Å². The van der Waals surface area contributed by atoms with Crippen molar-refractivity contribution in [1.29, 1.82) is 0 Å². The van der Waals surface area contributed by atoms with Gasteiger partial charge >= 0.3 is 11.9 Å². The molecular weight excluding hydrogens is 590 g/mol. The van der Waals surface area contributed by atoms with Crippen LogP contribution in [-0.2, 0) is 40.0 Å². The molecule has 43 heavy (non-hydrogen) atoms. The second-order valence-electron chi connectivity index (χ2n) is 9.54. The minimum absolute atomic E-state index is 0.0426.